The summed E-state index contributed by atoms with van der Waals surface area (Å²) in [5, 5.41) is 0.540. The Bertz CT molecular complexity index is 322. The average Bonchev–Trinajstić information content (AvgIpc) is 2.27. The molecule has 0 aromatic carbocycles. The Labute approximate surface area is 61.1 Å². The number of fused-ring (bicyclic) bond motifs is 1. The van der Waals surface area contributed by atoms with E-state index in [9.17, 15) is 0 Å². The molecule has 0 aliphatic rings. The summed E-state index contributed by atoms with van der Waals surface area (Å²) in [4.78, 5) is 7.95. The topological polar surface area (TPSA) is 55.9 Å². The zero-order chi connectivity index (χ0) is 6.97. The number of nitrogen functional groups attached to an aromatic ring is 1. The average molecular weight is 153 g/mol. The lowest BCUT2D eigenvalue weighted by Crippen LogP contribution is -2.14. The third kappa shape index (κ3) is 0.714. The van der Waals surface area contributed by atoms with Gasteiger partial charge in [-0.3, -0.25) is 0 Å². The Balaban J connectivity index is 2.88. The van der Waals surface area contributed by atoms with Gasteiger partial charge in [-0.1, -0.05) is 4.98 Å². The van der Waals surface area contributed by atoms with Crippen LogP contribution in [0.2, 0.25) is 0 Å². The summed E-state index contributed by atoms with van der Waals surface area (Å²) in [6.45, 7) is 0. The monoisotopic (exact) mass is 153 g/mol. The zero-order valence-electron chi connectivity index (χ0n) is 5.06. The molecular formula is C5H5N4S+. The van der Waals surface area contributed by atoms with E-state index in [0.29, 0.717) is 10.9 Å². The smallest absolute Gasteiger partial charge is 0.359 e. The van der Waals surface area contributed by atoms with Crippen molar-refractivity contribution in [2.24, 2.45) is 0 Å². The SMILES string of the molecule is Nc1nc2nccc[n+]2s1. The van der Waals surface area contributed by atoms with Crippen molar-refractivity contribution in [1.29, 1.82) is 0 Å². The van der Waals surface area contributed by atoms with Gasteiger partial charge in [-0.15, -0.1) is 3.79 Å². The number of anilines is 1. The molecule has 0 spiro atoms. The first-order chi connectivity index (χ1) is 4.86. The molecule has 4 nitrogen and oxygen atoms in total. The highest BCUT2D eigenvalue weighted by atomic mass is 32.1. The van der Waals surface area contributed by atoms with Gasteiger partial charge in [0.2, 0.25) is 0 Å². The minimum absolute atomic E-state index is 0.540. The maximum absolute atomic E-state index is 5.44. The lowest BCUT2D eigenvalue weighted by Gasteiger charge is -1.73. The van der Waals surface area contributed by atoms with Crippen LogP contribution >= 0.6 is 11.5 Å². The summed E-state index contributed by atoms with van der Waals surface area (Å²) >= 11 is 1.37. The summed E-state index contributed by atoms with van der Waals surface area (Å²) < 4.78 is 1.81. The Morgan fingerprint density at radius 2 is 2.50 bits per heavy atom. The van der Waals surface area contributed by atoms with Crippen molar-refractivity contribution in [3.8, 4) is 0 Å². The predicted octanol–water partition coefficient (Wildman–Crippen LogP) is -0.141. The molecule has 5 heteroatoms. The maximum atomic E-state index is 5.44. The molecule has 10 heavy (non-hydrogen) atoms. The van der Waals surface area contributed by atoms with Gasteiger partial charge < -0.3 is 5.73 Å². The third-order valence-electron chi connectivity index (χ3n) is 1.10. The molecule has 0 aliphatic heterocycles. The van der Waals surface area contributed by atoms with Gasteiger partial charge in [-0.05, 0) is 4.98 Å². The maximum Gasteiger partial charge on any atom is 0.451 e. The van der Waals surface area contributed by atoms with Gasteiger partial charge in [0.25, 0.3) is 5.13 Å². The third-order valence-corrected chi connectivity index (χ3v) is 1.86. The van der Waals surface area contributed by atoms with Crippen LogP contribution in [-0.4, -0.2) is 9.97 Å². The van der Waals surface area contributed by atoms with Crippen LogP contribution in [0.1, 0.15) is 0 Å². The fourth-order valence-electron chi connectivity index (χ4n) is 0.719. The Morgan fingerprint density at radius 1 is 1.60 bits per heavy atom. The molecule has 2 N–H and O–H groups in total. The number of hydrogen-bond donors (Lipinski definition) is 1. The van der Waals surface area contributed by atoms with E-state index in [1.165, 1.54) is 11.5 Å². The fourth-order valence-corrected chi connectivity index (χ4v) is 1.34. The second kappa shape index (κ2) is 1.88. The van der Waals surface area contributed by atoms with E-state index in [1.807, 2.05) is 16.1 Å². The van der Waals surface area contributed by atoms with Crippen LogP contribution in [0.3, 0.4) is 0 Å². The first kappa shape index (κ1) is 5.55. The first-order valence-electron chi connectivity index (χ1n) is 2.75. The van der Waals surface area contributed by atoms with E-state index in [-0.39, 0.29) is 0 Å². The summed E-state index contributed by atoms with van der Waals surface area (Å²) in [5.41, 5.74) is 5.44. The Kier molecular flexibility index (Phi) is 1.04. The Morgan fingerprint density at radius 3 is 3.30 bits per heavy atom. The van der Waals surface area contributed by atoms with Crippen molar-refractivity contribution in [3.05, 3.63) is 18.5 Å². The van der Waals surface area contributed by atoms with Gasteiger partial charge in [-0.2, -0.15) is 0 Å². The van der Waals surface area contributed by atoms with Crippen LogP contribution in [0, 0.1) is 0 Å². The van der Waals surface area contributed by atoms with Gasteiger partial charge in [0.15, 0.2) is 0 Å². The van der Waals surface area contributed by atoms with Crippen molar-refractivity contribution in [2.75, 3.05) is 5.73 Å². The highest BCUT2D eigenvalue weighted by Crippen LogP contribution is 2.01. The van der Waals surface area contributed by atoms with Crippen LogP contribution < -0.4 is 9.52 Å². The molecule has 2 rings (SSSR count). The van der Waals surface area contributed by atoms with E-state index >= 15 is 0 Å². The zero-order valence-corrected chi connectivity index (χ0v) is 5.88. The van der Waals surface area contributed by atoms with Gasteiger partial charge in [0.05, 0.1) is 17.7 Å². The minimum atomic E-state index is 0.540. The molecule has 2 aromatic heterocycles. The quantitative estimate of drug-likeness (QED) is 0.536. The van der Waals surface area contributed by atoms with Crippen molar-refractivity contribution in [3.63, 3.8) is 0 Å². The first-order valence-corrected chi connectivity index (χ1v) is 3.53. The van der Waals surface area contributed by atoms with Crippen LogP contribution in [-0.2, 0) is 0 Å². The number of hydrogen-bond acceptors (Lipinski definition) is 4. The largest absolute Gasteiger partial charge is 0.451 e. The lowest BCUT2D eigenvalue weighted by atomic mass is 10.7. The van der Waals surface area contributed by atoms with Gasteiger partial charge >= 0.3 is 5.78 Å². The van der Waals surface area contributed by atoms with Crippen LogP contribution in [0.4, 0.5) is 5.13 Å². The highest BCUT2D eigenvalue weighted by molar-refractivity contribution is 7.05. The number of nitrogens with zero attached hydrogens (tertiary/aromatic N) is 3. The normalized spacial score (nSPS) is 10.4. The van der Waals surface area contributed by atoms with Crippen LogP contribution in [0.5, 0.6) is 0 Å². The fraction of sp³-hybridized carbons (Fsp3) is 0. The Hall–Kier alpha value is -1.23. The standard InChI is InChI=1S/C5H4N4S/c6-4-8-5-7-2-1-3-9(5)10-4/h1-3,6H/p+1. The number of nitrogens with two attached hydrogens (primary N) is 1. The highest BCUT2D eigenvalue weighted by Gasteiger charge is 2.07. The molecule has 2 aromatic rings. The molecule has 0 saturated heterocycles. The molecule has 0 amide bonds. The summed E-state index contributed by atoms with van der Waals surface area (Å²) in [7, 11) is 0. The summed E-state index contributed by atoms with van der Waals surface area (Å²) in [6, 6.07) is 1.84. The number of aromatic nitrogens is 3. The molecule has 0 saturated carbocycles. The molecule has 2 heterocycles. The molecular weight excluding hydrogens is 148 g/mol. The lowest BCUT2D eigenvalue weighted by molar-refractivity contribution is -0.436. The van der Waals surface area contributed by atoms with Gasteiger partial charge in [0, 0.05) is 6.07 Å². The van der Waals surface area contributed by atoms with Crippen molar-refractivity contribution < 1.29 is 3.79 Å². The van der Waals surface area contributed by atoms with Crippen molar-refractivity contribution in [2.45, 2.75) is 0 Å². The van der Waals surface area contributed by atoms with E-state index in [4.69, 9.17) is 5.73 Å². The molecule has 0 radical (unpaired) electrons. The van der Waals surface area contributed by atoms with E-state index < -0.39 is 0 Å². The molecule has 0 aliphatic carbocycles. The molecule has 0 unspecified atom stereocenters. The molecule has 0 fully saturated rings. The van der Waals surface area contributed by atoms with E-state index in [0.717, 1.165) is 0 Å². The predicted molar refractivity (Wildman–Crippen MR) is 37.5 cm³/mol. The van der Waals surface area contributed by atoms with Crippen LogP contribution in [0.15, 0.2) is 18.5 Å². The van der Waals surface area contributed by atoms with Crippen molar-refractivity contribution in [1.82, 2.24) is 9.97 Å². The van der Waals surface area contributed by atoms with E-state index in [1.54, 1.807) is 6.20 Å². The van der Waals surface area contributed by atoms with Crippen molar-refractivity contribution >= 4 is 22.4 Å². The van der Waals surface area contributed by atoms with Gasteiger partial charge in [-0.25, -0.2) is 0 Å². The second-order valence-electron chi connectivity index (χ2n) is 1.79. The molecule has 0 bridgehead atoms. The van der Waals surface area contributed by atoms with Gasteiger partial charge in [0.1, 0.15) is 6.20 Å². The number of rotatable bonds is 0. The molecule has 0 atom stereocenters. The molecule has 50 valence electrons. The van der Waals surface area contributed by atoms with Crippen LogP contribution in [0.25, 0.3) is 5.78 Å². The minimum Gasteiger partial charge on any atom is -0.359 e. The summed E-state index contributed by atoms with van der Waals surface area (Å²) in [6.07, 6.45) is 3.56. The second-order valence-corrected chi connectivity index (χ2v) is 2.78. The summed E-state index contributed by atoms with van der Waals surface area (Å²) in [5.74, 6) is 0.657. The van der Waals surface area contributed by atoms with E-state index in [2.05, 4.69) is 9.97 Å².